The molecule has 0 radical (unpaired) electrons. The van der Waals surface area contributed by atoms with Crippen molar-refractivity contribution in [2.45, 2.75) is 12.8 Å². The molecule has 0 aliphatic heterocycles. The molecule has 14 heavy (non-hydrogen) atoms. The Kier molecular flexibility index (Phi) is 4.04. The van der Waals surface area contributed by atoms with Crippen molar-refractivity contribution in [3.8, 4) is 12.1 Å². The van der Waals surface area contributed by atoms with E-state index in [4.69, 9.17) is 10.5 Å². The third-order valence-electron chi connectivity index (χ3n) is 1.80. The zero-order chi connectivity index (χ0) is 10.2. The topological polar surface area (TPSA) is 59.6 Å². The van der Waals surface area contributed by atoms with Crippen LogP contribution in [-0.2, 0) is 6.42 Å². The van der Waals surface area contributed by atoms with E-state index in [1.807, 2.05) is 24.3 Å². The highest BCUT2D eigenvalue weighted by Crippen LogP contribution is 2.09. The molecule has 0 unspecified atom stereocenters. The van der Waals surface area contributed by atoms with Gasteiger partial charge in [0.05, 0.1) is 25.0 Å². The number of anilines is 1. The zero-order valence-electron chi connectivity index (χ0n) is 7.83. The van der Waals surface area contributed by atoms with Crippen molar-refractivity contribution in [1.29, 1.82) is 10.5 Å². The van der Waals surface area contributed by atoms with Gasteiger partial charge in [-0.3, -0.25) is 0 Å². The molecule has 0 saturated heterocycles. The lowest BCUT2D eigenvalue weighted by molar-refractivity contribution is 1.07. The fraction of sp³-hybridized carbons (Fsp3) is 0.273. The highest BCUT2D eigenvalue weighted by atomic mass is 14.9. The van der Waals surface area contributed by atoms with Crippen molar-refractivity contribution in [3.05, 3.63) is 29.8 Å². The van der Waals surface area contributed by atoms with Gasteiger partial charge in [-0.05, 0) is 17.7 Å². The molecule has 0 aliphatic rings. The maximum atomic E-state index is 8.46. The maximum absolute atomic E-state index is 8.46. The predicted molar refractivity (Wildman–Crippen MR) is 54.5 cm³/mol. The Morgan fingerprint density at radius 3 is 2.36 bits per heavy atom. The smallest absolute Gasteiger partial charge is 0.0669 e. The molecule has 3 nitrogen and oxygen atoms in total. The molecule has 3 heteroatoms. The van der Waals surface area contributed by atoms with Crippen LogP contribution in [0.25, 0.3) is 0 Å². The Hall–Kier alpha value is -2.00. The number of benzene rings is 1. The van der Waals surface area contributed by atoms with E-state index < -0.39 is 0 Å². The fourth-order valence-electron chi connectivity index (χ4n) is 1.09. The molecule has 1 rings (SSSR count). The van der Waals surface area contributed by atoms with Gasteiger partial charge >= 0.3 is 0 Å². The van der Waals surface area contributed by atoms with Crippen molar-refractivity contribution in [1.82, 2.24) is 0 Å². The van der Waals surface area contributed by atoms with E-state index in [0.717, 1.165) is 11.3 Å². The summed E-state index contributed by atoms with van der Waals surface area (Å²) in [6, 6.07) is 11.8. The second kappa shape index (κ2) is 5.61. The van der Waals surface area contributed by atoms with Crippen molar-refractivity contribution in [2.75, 3.05) is 11.9 Å². The Bertz CT molecular complexity index is 354. The van der Waals surface area contributed by atoms with Crippen LogP contribution in [0.1, 0.15) is 12.0 Å². The molecule has 0 atom stereocenters. The van der Waals surface area contributed by atoms with Crippen LogP contribution >= 0.6 is 0 Å². The lowest BCUT2D eigenvalue weighted by Crippen LogP contribution is -1.99. The summed E-state index contributed by atoms with van der Waals surface area (Å²) < 4.78 is 0. The van der Waals surface area contributed by atoms with E-state index in [0.29, 0.717) is 19.4 Å². The molecule has 0 saturated carbocycles. The predicted octanol–water partition coefficient (Wildman–Crippen LogP) is 2.08. The van der Waals surface area contributed by atoms with Gasteiger partial charge in [0.1, 0.15) is 0 Å². The summed E-state index contributed by atoms with van der Waals surface area (Å²) in [6.45, 7) is 0.661. The first-order valence-corrected chi connectivity index (χ1v) is 4.43. The summed E-state index contributed by atoms with van der Waals surface area (Å²) in [5.74, 6) is 0. The van der Waals surface area contributed by atoms with Gasteiger partial charge in [-0.25, -0.2) is 0 Å². The largest absolute Gasteiger partial charge is 0.384 e. The molecule has 1 aromatic carbocycles. The number of nitrogens with one attached hydrogen (secondary N) is 1. The second-order valence-corrected chi connectivity index (χ2v) is 2.87. The monoisotopic (exact) mass is 185 g/mol. The van der Waals surface area contributed by atoms with Crippen molar-refractivity contribution < 1.29 is 0 Å². The molecule has 0 heterocycles. The molecule has 1 aromatic rings. The van der Waals surface area contributed by atoms with Gasteiger partial charge in [-0.1, -0.05) is 12.1 Å². The summed E-state index contributed by atoms with van der Waals surface area (Å²) in [5, 5.41) is 19.9. The first kappa shape index (κ1) is 10.1. The van der Waals surface area contributed by atoms with Gasteiger partial charge in [0, 0.05) is 12.2 Å². The van der Waals surface area contributed by atoms with Crippen molar-refractivity contribution in [3.63, 3.8) is 0 Å². The van der Waals surface area contributed by atoms with E-state index in [1.54, 1.807) is 0 Å². The number of hydrogen-bond acceptors (Lipinski definition) is 3. The second-order valence-electron chi connectivity index (χ2n) is 2.87. The minimum absolute atomic E-state index is 0.443. The number of nitrogens with zero attached hydrogens (tertiary/aromatic N) is 2. The number of nitriles is 2. The zero-order valence-corrected chi connectivity index (χ0v) is 7.83. The molecule has 0 aromatic heterocycles. The summed E-state index contributed by atoms with van der Waals surface area (Å²) in [7, 11) is 0. The Balaban J connectivity index is 2.48. The summed E-state index contributed by atoms with van der Waals surface area (Å²) in [4.78, 5) is 0. The van der Waals surface area contributed by atoms with Crippen LogP contribution in [0.15, 0.2) is 24.3 Å². The lowest BCUT2D eigenvalue weighted by Gasteiger charge is -2.03. The highest BCUT2D eigenvalue weighted by Gasteiger charge is 1.92. The molecule has 0 bridgehead atoms. The third kappa shape index (κ3) is 3.16. The van der Waals surface area contributed by atoms with Gasteiger partial charge in [0.15, 0.2) is 0 Å². The van der Waals surface area contributed by atoms with Gasteiger partial charge < -0.3 is 5.32 Å². The Labute approximate surface area is 83.6 Å². The first-order chi connectivity index (χ1) is 6.86. The molecular formula is C11H11N3. The SMILES string of the molecule is N#CCCNc1ccc(CC#N)cc1. The van der Waals surface area contributed by atoms with Crippen LogP contribution in [0.5, 0.6) is 0 Å². The van der Waals surface area contributed by atoms with Crippen molar-refractivity contribution >= 4 is 5.69 Å². The summed E-state index contributed by atoms with van der Waals surface area (Å²) >= 11 is 0. The van der Waals surface area contributed by atoms with E-state index in [2.05, 4.69) is 17.5 Å². The number of hydrogen-bond donors (Lipinski definition) is 1. The minimum Gasteiger partial charge on any atom is -0.384 e. The van der Waals surface area contributed by atoms with Gasteiger partial charge in [-0.2, -0.15) is 10.5 Å². The van der Waals surface area contributed by atoms with Crippen LogP contribution in [0.2, 0.25) is 0 Å². The van der Waals surface area contributed by atoms with Gasteiger partial charge in [0.25, 0.3) is 0 Å². The Morgan fingerprint density at radius 2 is 1.79 bits per heavy atom. The quantitative estimate of drug-likeness (QED) is 0.730. The summed E-state index contributed by atoms with van der Waals surface area (Å²) in [5.41, 5.74) is 2.00. The minimum atomic E-state index is 0.443. The maximum Gasteiger partial charge on any atom is 0.0669 e. The van der Waals surface area contributed by atoms with Crippen molar-refractivity contribution in [2.24, 2.45) is 0 Å². The van der Waals surface area contributed by atoms with Crippen LogP contribution in [0.3, 0.4) is 0 Å². The van der Waals surface area contributed by atoms with Crippen LogP contribution in [0, 0.1) is 22.7 Å². The lowest BCUT2D eigenvalue weighted by atomic mass is 10.1. The van der Waals surface area contributed by atoms with Gasteiger partial charge in [0.2, 0.25) is 0 Å². The average molecular weight is 185 g/mol. The highest BCUT2D eigenvalue weighted by molar-refractivity contribution is 5.44. The molecular weight excluding hydrogens is 174 g/mol. The number of rotatable bonds is 4. The van der Waals surface area contributed by atoms with E-state index in [9.17, 15) is 0 Å². The average Bonchev–Trinajstić information content (AvgIpc) is 2.21. The normalized spacial score (nSPS) is 8.71. The Morgan fingerprint density at radius 1 is 1.07 bits per heavy atom. The van der Waals surface area contributed by atoms with Crippen LogP contribution < -0.4 is 5.32 Å². The molecule has 0 amide bonds. The van der Waals surface area contributed by atoms with E-state index >= 15 is 0 Å². The van der Waals surface area contributed by atoms with Crippen LogP contribution in [-0.4, -0.2) is 6.54 Å². The first-order valence-electron chi connectivity index (χ1n) is 4.43. The van der Waals surface area contributed by atoms with E-state index in [-0.39, 0.29) is 0 Å². The molecule has 0 aliphatic carbocycles. The molecule has 0 spiro atoms. The third-order valence-corrected chi connectivity index (χ3v) is 1.80. The fourth-order valence-corrected chi connectivity index (χ4v) is 1.09. The van der Waals surface area contributed by atoms with Crippen LogP contribution in [0.4, 0.5) is 5.69 Å². The van der Waals surface area contributed by atoms with Gasteiger partial charge in [-0.15, -0.1) is 0 Å². The molecule has 1 N–H and O–H groups in total. The molecule has 70 valence electrons. The standard InChI is InChI=1S/C11H11N3/c12-7-1-9-14-11-4-2-10(3-5-11)6-8-13/h2-5,14H,1,6,9H2. The summed E-state index contributed by atoms with van der Waals surface area (Å²) in [6.07, 6.45) is 0.943. The molecule has 0 fully saturated rings. The van der Waals surface area contributed by atoms with E-state index in [1.165, 1.54) is 0 Å².